The number of rotatable bonds is 6. The summed E-state index contributed by atoms with van der Waals surface area (Å²) in [6.45, 7) is 4.13. The van der Waals surface area contributed by atoms with Gasteiger partial charge in [0, 0.05) is 23.0 Å². The van der Waals surface area contributed by atoms with Gasteiger partial charge in [0.2, 0.25) is 5.91 Å². The highest BCUT2D eigenvalue weighted by molar-refractivity contribution is 7.22. The highest BCUT2D eigenvalue weighted by Crippen LogP contribution is 2.33. The third-order valence-corrected chi connectivity index (χ3v) is 6.87. The zero-order chi connectivity index (χ0) is 23.8. The first-order valence-electron chi connectivity index (χ1n) is 10.8. The number of thiazole rings is 1. The number of aromatic nitrogens is 4. The Kier molecular flexibility index (Phi) is 5.62. The van der Waals surface area contributed by atoms with Gasteiger partial charge in [0.1, 0.15) is 5.75 Å². The fourth-order valence-corrected chi connectivity index (χ4v) is 5.03. The molecule has 0 aliphatic carbocycles. The Morgan fingerprint density at radius 3 is 2.68 bits per heavy atom. The van der Waals surface area contributed by atoms with Crippen molar-refractivity contribution in [2.45, 2.75) is 26.8 Å². The van der Waals surface area contributed by atoms with Crippen LogP contribution in [-0.4, -0.2) is 32.6 Å². The molecule has 1 N–H and O–H groups in total. The lowest BCUT2D eigenvalue weighted by atomic mass is 10.1. The maximum absolute atomic E-state index is 13.7. The van der Waals surface area contributed by atoms with Crippen LogP contribution < -0.4 is 15.2 Å². The molecule has 0 saturated carbocycles. The van der Waals surface area contributed by atoms with Crippen molar-refractivity contribution in [3.8, 4) is 5.75 Å². The maximum atomic E-state index is 13.7. The third kappa shape index (κ3) is 4.06. The van der Waals surface area contributed by atoms with E-state index in [4.69, 9.17) is 9.72 Å². The minimum atomic E-state index is -0.228. The second-order valence-electron chi connectivity index (χ2n) is 8.05. The number of nitrogens with one attached hydrogen (secondary N) is 1. The van der Waals surface area contributed by atoms with E-state index in [1.165, 1.54) is 17.4 Å². The number of fused-ring (bicyclic) bond motifs is 2. The summed E-state index contributed by atoms with van der Waals surface area (Å²) in [4.78, 5) is 36.5. The zero-order valence-electron chi connectivity index (χ0n) is 19.0. The van der Waals surface area contributed by atoms with Crippen molar-refractivity contribution >= 4 is 38.2 Å². The van der Waals surface area contributed by atoms with E-state index in [1.807, 2.05) is 62.4 Å². The van der Waals surface area contributed by atoms with Crippen LogP contribution >= 0.6 is 11.3 Å². The predicted molar refractivity (Wildman–Crippen MR) is 133 cm³/mol. The third-order valence-electron chi connectivity index (χ3n) is 5.83. The number of hydrogen-bond acceptors (Lipinski definition) is 6. The van der Waals surface area contributed by atoms with E-state index in [-0.39, 0.29) is 17.9 Å². The molecule has 0 radical (unpaired) electrons. The summed E-state index contributed by atoms with van der Waals surface area (Å²) in [5, 5.41) is 3.37. The van der Waals surface area contributed by atoms with Crippen LogP contribution in [0.2, 0.25) is 0 Å². The molecule has 1 amide bonds. The van der Waals surface area contributed by atoms with Gasteiger partial charge in [0.05, 0.1) is 30.3 Å². The average molecular weight is 474 g/mol. The number of nitrogens with zero attached hydrogens (tertiary/aromatic N) is 4. The number of aryl methyl sites for hydroxylation is 2. The van der Waals surface area contributed by atoms with Crippen molar-refractivity contribution in [3.63, 3.8) is 0 Å². The van der Waals surface area contributed by atoms with Crippen LogP contribution in [0.25, 0.3) is 15.9 Å². The van der Waals surface area contributed by atoms with E-state index in [9.17, 15) is 9.59 Å². The molecule has 0 atom stereocenters. The van der Waals surface area contributed by atoms with Crippen molar-refractivity contribution < 1.29 is 9.53 Å². The number of ether oxygens (including phenoxy) is 1. The number of aromatic amines is 1. The molecular formula is C25H23N5O3S. The smallest absolute Gasteiger partial charge is 0.266 e. The number of hydrogen-bond donors (Lipinski definition) is 1. The van der Waals surface area contributed by atoms with Crippen LogP contribution in [0, 0.1) is 13.8 Å². The van der Waals surface area contributed by atoms with Crippen LogP contribution in [0.5, 0.6) is 5.75 Å². The summed E-state index contributed by atoms with van der Waals surface area (Å²) in [6.07, 6.45) is 0.132. The van der Waals surface area contributed by atoms with E-state index < -0.39 is 0 Å². The van der Waals surface area contributed by atoms with Gasteiger partial charge in [0.15, 0.2) is 10.8 Å². The van der Waals surface area contributed by atoms with Gasteiger partial charge in [-0.1, -0.05) is 41.7 Å². The molecule has 9 heteroatoms. The van der Waals surface area contributed by atoms with Crippen molar-refractivity contribution in [1.82, 2.24) is 19.6 Å². The molecular weight excluding hydrogens is 450 g/mol. The number of carbonyl (C=O) groups is 1. The SMILES string of the molecule is COc1ccc2nc(N(Cc3ccccc3)C(=O)Cc3c(C)nc4cc(=O)[nH]n4c3C)sc2c1. The molecule has 3 heterocycles. The fourth-order valence-electron chi connectivity index (χ4n) is 4.02. The van der Waals surface area contributed by atoms with Crippen LogP contribution in [-0.2, 0) is 17.8 Å². The molecule has 0 spiro atoms. The van der Waals surface area contributed by atoms with E-state index in [0.717, 1.165) is 38.5 Å². The highest BCUT2D eigenvalue weighted by atomic mass is 32.1. The van der Waals surface area contributed by atoms with E-state index >= 15 is 0 Å². The van der Waals surface area contributed by atoms with Gasteiger partial charge in [0.25, 0.3) is 5.56 Å². The number of amides is 1. The predicted octanol–water partition coefficient (Wildman–Crippen LogP) is 4.03. The minimum absolute atomic E-state index is 0.100. The van der Waals surface area contributed by atoms with Crippen molar-refractivity contribution in [2.24, 2.45) is 0 Å². The normalized spacial score (nSPS) is 11.3. The maximum Gasteiger partial charge on any atom is 0.266 e. The second kappa shape index (κ2) is 8.75. The molecule has 0 unspecified atom stereocenters. The molecule has 172 valence electrons. The molecule has 2 aromatic carbocycles. The van der Waals surface area contributed by atoms with Crippen LogP contribution in [0.4, 0.5) is 5.13 Å². The second-order valence-corrected chi connectivity index (χ2v) is 9.06. The van der Waals surface area contributed by atoms with Crippen LogP contribution in [0.3, 0.4) is 0 Å². The van der Waals surface area contributed by atoms with Gasteiger partial charge in [-0.2, -0.15) is 0 Å². The number of carbonyl (C=O) groups excluding carboxylic acids is 1. The standard InChI is InChI=1S/C25H23N5O3S/c1-15-19(16(2)30-22(26-15)13-23(31)28-30)12-24(32)29(14-17-7-5-4-6-8-17)25-27-20-10-9-18(33-3)11-21(20)34-25/h4-11,13H,12,14H2,1-3H3,(H,28,31). The van der Waals surface area contributed by atoms with Crippen molar-refractivity contribution in [2.75, 3.05) is 12.0 Å². The summed E-state index contributed by atoms with van der Waals surface area (Å²) in [6, 6.07) is 17.0. The lowest BCUT2D eigenvalue weighted by molar-refractivity contribution is -0.118. The van der Waals surface area contributed by atoms with Gasteiger partial charge in [-0.05, 0) is 37.6 Å². The summed E-state index contributed by atoms with van der Waals surface area (Å²) in [7, 11) is 1.63. The molecule has 5 rings (SSSR count). The zero-order valence-corrected chi connectivity index (χ0v) is 19.8. The molecule has 5 aromatic rings. The first kappa shape index (κ1) is 21.8. The molecule has 0 saturated heterocycles. The molecule has 0 fully saturated rings. The largest absolute Gasteiger partial charge is 0.497 e. The van der Waals surface area contributed by atoms with Crippen LogP contribution in [0.15, 0.2) is 59.4 Å². The van der Waals surface area contributed by atoms with Crippen molar-refractivity contribution in [1.29, 1.82) is 0 Å². The topological polar surface area (TPSA) is 92.6 Å². The van der Waals surface area contributed by atoms with Gasteiger partial charge in [-0.25, -0.2) is 14.5 Å². The van der Waals surface area contributed by atoms with E-state index in [2.05, 4.69) is 10.1 Å². The fraction of sp³-hybridized carbons (Fsp3) is 0.200. The Hall–Kier alpha value is -3.98. The van der Waals surface area contributed by atoms with Crippen LogP contribution in [0.1, 0.15) is 22.5 Å². The monoisotopic (exact) mass is 473 g/mol. The van der Waals surface area contributed by atoms with E-state index in [1.54, 1.807) is 16.5 Å². The summed E-state index contributed by atoms with van der Waals surface area (Å²) in [5.74, 6) is 0.645. The van der Waals surface area contributed by atoms with E-state index in [0.29, 0.717) is 17.3 Å². The number of H-pyrrole nitrogens is 1. The van der Waals surface area contributed by atoms with Gasteiger partial charge < -0.3 is 4.74 Å². The summed E-state index contributed by atoms with van der Waals surface area (Å²) in [5.41, 5.74) is 4.42. The Morgan fingerprint density at radius 2 is 1.91 bits per heavy atom. The van der Waals surface area contributed by atoms with Gasteiger partial charge in [-0.15, -0.1) is 0 Å². The molecule has 0 bridgehead atoms. The lowest BCUT2D eigenvalue weighted by Gasteiger charge is -2.21. The lowest BCUT2D eigenvalue weighted by Crippen LogP contribution is -2.32. The van der Waals surface area contributed by atoms with Crippen molar-refractivity contribution in [3.05, 3.63) is 87.5 Å². The number of anilines is 1. The first-order valence-corrected chi connectivity index (χ1v) is 11.6. The highest BCUT2D eigenvalue weighted by Gasteiger charge is 2.23. The minimum Gasteiger partial charge on any atom is -0.497 e. The molecule has 8 nitrogen and oxygen atoms in total. The Bertz CT molecular complexity index is 1570. The summed E-state index contributed by atoms with van der Waals surface area (Å²) >= 11 is 1.45. The average Bonchev–Trinajstić information content (AvgIpc) is 3.42. The molecule has 34 heavy (non-hydrogen) atoms. The summed E-state index contributed by atoms with van der Waals surface area (Å²) < 4.78 is 7.91. The Morgan fingerprint density at radius 1 is 1.12 bits per heavy atom. The van der Waals surface area contributed by atoms with Gasteiger partial charge >= 0.3 is 0 Å². The first-order chi connectivity index (χ1) is 16.4. The van der Waals surface area contributed by atoms with Gasteiger partial charge in [-0.3, -0.25) is 19.6 Å². The Labute approximate surface area is 199 Å². The molecule has 0 aliphatic heterocycles. The quantitative estimate of drug-likeness (QED) is 0.402. The molecule has 0 aliphatic rings. The Balaban J connectivity index is 1.54. The molecule has 3 aromatic heterocycles. The number of benzene rings is 2. The number of methoxy groups -OCH3 is 1.